The lowest BCUT2D eigenvalue weighted by Gasteiger charge is -2.30. The minimum Gasteiger partial charge on any atom is -0.378 e. The van der Waals surface area contributed by atoms with Crippen LogP contribution in [0, 0.1) is 21.6 Å². The van der Waals surface area contributed by atoms with Crippen molar-refractivity contribution in [1.29, 1.82) is 21.6 Å². The van der Waals surface area contributed by atoms with Gasteiger partial charge in [0.05, 0.1) is 11.4 Å². The Morgan fingerprint density at radius 2 is 0.923 bits per heavy atom. The second kappa shape index (κ2) is 27.0. The van der Waals surface area contributed by atoms with Gasteiger partial charge in [0.25, 0.3) is 29.5 Å². The molecule has 6 unspecified atom stereocenters. The summed E-state index contributed by atoms with van der Waals surface area (Å²) in [6, 6.07) is 28.3. The monoisotopic (exact) mass is 1110 g/mol. The highest BCUT2D eigenvalue weighted by atomic mass is 35.5. The molecule has 0 aliphatic carbocycles. The molecule has 0 spiro atoms. The number of amides is 6. The Bertz CT molecular complexity index is 2960. The van der Waals surface area contributed by atoms with E-state index in [2.05, 4.69) is 42.5 Å². The van der Waals surface area contributed by atoms with Crippen molar-refractivity contribution in [2.75, 3.05) is 23.9 Å². The minimum atomic E-state index is -2.15. The highest BCUT2D eigenvalue weighted by Crippen LogP contribution is 2.30. The smallest absolute Gasteiger partial charge is 0.271 e. The van der Waals surface area contributed by atoms with E-state index in [1.165, 1.54) is 29.2 Å². The number of carbonyl (C=O) groups excluding carboxylic acids is 6. The zero-order valence-electron chi connectivity index (χ0n) is 41.4. The molecule has 24 N–H and O–H groups in total. The summed E-state index contributed by atoms with van der Waals surface area (Å²) in [6.07, 6.45) is -10.2. The molecular formula is C47H56Cl2N22O7. The molecule has 0 aliphatic rings. The molecule has 29 nitrogen and oxygen atoms in total. The zero-order chi connectivity index (χ0) is 57.4. The fraction of sp³-hybridized carbons (Fsp3) is 0.191. The maximum absolute atomic E-state index is 14.6. The van der Waals surface area contributed by atoms with Gasteiger partial charge in [-0.05, 0) is 53.6 Å². The van der Waals surface area contributed by atoms with E-state index in [-0.39, 0.29) is 18.1 Å². The highest BCUT2D eigenvalue weighted by molar-refractivity contribution is 6.31. The summed E-state index contributed by atoms with van der Waals surface area (Å²) < 4.78 is 0. The average Bonchev–Trinajstić information content (AvgIpc) is 3.38. The number of guanidine groups is 4. The van der Waals surface area contributed by atoms with Gasteiger partial charge in [-0.15, -0.1) is 0 Å². The predicted molar refractivity (Wildman–Crippen MR) is 290 cm³/mol. The molecule has 0 bridgehead atoms. The predicted octanol–water partition coefficient (Wildman–Crippen LogP) is -2.45. The third-order valence-electron chi connectivity index (χ3n) is 10.7. The maximum atomic E-state index is 14.6. The van der Waals surface area contributed by atoms with Crippen LogP contribution in [0.4, 0.5) is 11.6 Å². The molecule has 78 heavy (non-hydrogen) atoms. The van der Waals surface area contributed by atoms with E-state index in [9.17, 15) is 33.9 Å². The van der Waals surface area contributed by atoms with Crippen molar-refractivity contribution in [3.05, 3.63) is 130 Å². The number of aliphatic hydroxyl groups is 1. The van der Waals surface area contributed by atoms with Crippen LogP contribution in [0.5, 0.6) is 0 Å². The van der Waals surface area contributed by atoms with Crippen molar-refractivity contribution in [3.63, 3.8) is 0 Å². The van der Waals surface area contributed by atoms with Gasteiger partial charge in [-0.3, -0.25) is 50.4 Å². The maximum Gasteiger partial charge on any atom is 0.271 e. The number of aromatic nitrogens is 2. The Hall–Kier alpha value is -10.0. The molecule has 0 fully saturated rings. The summed E-state index contributed by atoms with van der Waals surface area (Å²) in [5.74, 6) is -11.2. The molecule has 31 heteroatoms. The number of hydrogen-bond donors (Lipinski definition) is 19. The van der Waals surface area contributed by atoms with Crippen LogP contribution in [0.1, 0.15) is 17.2 Å². The topological polar surface area (TPSA) is 489 Å². The Morgan fingerprint density at radius 3 is 1.32 bits per heavy atom. The number of benzene rings is 4. The lowest BCUT2D eigenvalue weighted by atomic mass is 10.1. The van der Waals surface area contributed by atoms with Gasteiger partial charge in [-0.2, -0.15) is 0 Å². The number of nitrogens with zero attached hydrogens (tertiary/aromatic N) is 4. The van der Waals surface area contributed by atoms with Crippen molar-refractivity contribution in [2.24, 2.45) is 28.7 Å². The summed E-state index contributed by atoms with van der Waals surface area (Å²) in [7, 11) is 3.71. The van der Waals surface area contributed by atoms with E-state index in [1.807, 2.05) is 36.4 Å². The first-order chi connectivity index (χ1) is 36.9. The number of anilines is 2. The van der Waals surface area contributed by atoms with Crippen LogP contribution in [0.15, 0.2) is 109 Å². The normalized spacial score (nSPS) is 12.9. The number of hydrogen-bond acceptors (Lipinski definition) is 15. The molecule has 0 aliphatic heterocycles. The summed E-state index contributed by atoms with van der Waals surface area (Å²) in [5, 5.41) is 63.5. The van der Waals surface area contributed by atoms with Gasteiger partial charge < -0.3 is 91.4 Å². The van der Waals surface area contributed by atoms with Crippen LogP contribution in [0.25, 0.3) is 22.5 Å². The summed E-state index contributed by atoms with van der Waals surface area (Å²) >= 11 is 12.5. The molecule has 0 saturated heterocycles. The molecule has 410 valence electrons. The van der Waals surface area contributed by atoms with E-state index in [0.29, 0.717) is 38.1 Å². The second-order valence-corrected chi connectivity index (χ2v) is 17.6. The molecule has 1 aromatic heterocycles. The van der Waals surface area contributed by atoms with Gasteiger partial charge in [-0.1, -0.05) is 89.9 Å². The van der Waals surface area contributed by atoms with Crippen molar-refractivity contribution >= 4 is 94.1 Å². The number of nitrogens with two attached hydrogens (primary N) is 5. The fourth-order valence-electron chi connectivity index (χ4n) is 6.97. The fourth-order valence-corrected chi connectivity index (χ4v) is 7.22. The van der Waals surface area contributed by atoms with Crippen LogP contribution in [0.3, 0.4) is 0 Å². The van der Waals surface area contributed by atoms with Crippen LogP contribution < -0.4 is 86.3 Å². The lowest BCUT2D eigenvalue weighted by molar-refractivity contribution is -0.136. The molecule has 4 aromatic carbocycles. The third-order valence-corrected chi connectivity index (χ3v) is 11.2. The van der Waals surface area contributed by atoms with E-state index in [1.54, 1.807) is 72.8 Å². The van der Waals surface area contributed by atoms with Crippen molar-refractivity contribution in [2.45, 2.75) is 43.5 Å². The Morgan fingerprint density at radius 1 is 0.526 bits per heavy atom. The Balaban J connectivity index is 1.49. The van der Waals surface area contributed by atoms with Gasteiger partial charge in [0.2, 0.25) is 18.1 Å². The highest BCUT2D eigenvalue weighted by Gasteiger charge is 2.36. The summed E-state index contributed by atoms with van der Waals surface area (Å²) in [6.45, 7) is -0.177. The second-order valence-electron chi connectivity index (χ2n) is 16.8. The van der Waals surface area contributed by atoms with Crippen LogP contribution in [-0.2, 0) is 35.3 Å². The number of carbonyl (C=O) groups is 6. The number of aliphatic hydroxyl groups excluding tert-OH is 1. The molecule has 5 rings (SSSR count). The molecule has 0 saturated carbocycles. The van der Waals surface area contributed by atoms with Gasteiger partial charge in [0, 0.05) is 47.5 Å². The average molecular weight is 1110 g/mol. The first-order valence-corrected chi connectivity index (χ1v) is 23.5. The first kappa shape index (κ1) is 58.9. The van der Waals surface area contributed by atoms with Gasteiger partial charge >= 0.3 is 0 Å². The van der Waals surface area contributed by atoms with Crippen LogP contribution in [-0.4, -0.2) is 119 Å². The molecule has 1 heterocycles. The third kappa shape index (κ3) is 17.0. The van der Waals surface area contributed by atoms with Crippen molar-refractivity contribution < 1.29 is 33.9 Å². The molecule has 6 amide bonds. The Labute approximate surface area is 454 Å². The SMILES string of the molecule is CN(C)c1ccc(CN(c2nc(-c3ccc(Cl)cc3)cc(-c3ccc(Cl)cc3)n2)C(O)C(=O)NC(C(=O)NC(NC(=N)N)C(=O)NC(NC(=N)N)C(=O)NC(NC(=N)N)C(=O)NC(NC(=N)N)C(N)=O)c2ccccc2)cc1. The van der Waals surface area contributed by atoms with Crippen molar-refractivity contribution in [1.82, 2.24) is 57.8 Å². The summed E-state index contributed by atoms with van der Waals surface area (Å²) in [5.41, 5.74) is 30.6. The number of rotatable bonds is 23. The Kier molecular flexibility index (Phi) is 20.4. The van der Waals surface area contributed by atoms with Crippen LogP contribution in [0.2, 0.25) is 10.0 Å². The van der Waals surface area contributed by atoms with E-state index < -0.39 is 96.2 Å². The molecule has 5 aromatic rings. The number of nitrogens with one attached hydrogen (secondary N) is 13. The van der Waals surface area contributed by atoms with Gasteiger partial charge in [0.1, 0.15) is 6.04 Å². The molecule has 0 radical (unpaired) electrons. The standard InChI is InChI=1S/C47H56Cl2N22O7/c1-70(2)28-18-8-22(9-19-28)21-71(47-59-29(23-10-14-26(48)15-11-23)20-30(60-47)24-12-16-27(49)17-13-24)42(78)41(77)61-31(25-6-4-3-5-7-25)37(73)63-34(67-44(53)54)39(75)65-36(69-46(57)58)40(76)64-35(68-45(55)56)38(74)62-33(32(50)72)66-43(51)52/h3-20,31,33-36,42,78H,21H2,1-2H3,(H2,50,72)(H,61,77)(H,62,74)(H,63,73)(H,64,76)(H,65,75)(H4,51,52,66)(H4,53,54,67)(H4,55,56,68)(H4,57,58,69). The molecule has 6 atom stereocenters. The number of halogens is 2. The first-order valence-electron chi connectivity index (χ1n) is 22.8. The summed E-state index contributed by atoms with van der Waals surface area (Å²) in [4.78, 5) is 94.6. The molecular weight excluding hydrogens is 1060 g/mol. The van der Waals surface area contributed by atoms with Gasteiger partial charge in [-0.25, -0.2) is 9.97 Å². The van der Waals surface area contributed by atoms with Crippen molar-refractivity contribution in [3.8, 4) is 22.5 Å². The van der Waals surface area contributed by atoms with Crippen LogP contribution >= 0.6 is 23.2 Å². The van der Waals surface area contributed by atoms with E-state index >= 15 is 0 Å². The van der Waals surface area contributed by atoms with E-state index in [0.717, 1.165) is 5.69 Å². The quantitative estimate of drug-likeness (QED) is 0.0183. The van der Waals surface area contributed by atoms with E-state index in [4.69, 9.17) is 83.5 Å². The largest absolute Gasteiger partial charge is 0.378 e. The van der Waals surface area contributed by atoms with Gasteiger partial charge in [0.15, 0.2) is 48.5 Å². The minimum absolute atomic E-state index is 0.115. The lowest BCUT2D eigenvalue weighted by Crippen LogP contribution is -2.68. The zero-order valence-corrected chi connectivity index (χ0v) is 42.9. The number of primary amides is 1.